The maximum absolute atomic E-state index is 12.7. The van der Waals surface area contributed by atoms with Crippen LogP contribution in [0, 0.1) is 5.92 Å². The molecule has 1 unspecified atom stereocenters. The van der Waals surface area contributed by atoms with Gasteiger partial charge in [0.15, 0.2) is 5.76 Å². The molecule has 2 aromatic rings. The van der Waals surface area contributed by atoms with Gasteiger partial charge in [-0.3, -0.25) is 4.79 Å². The van der Waals surface area contributed by atoms with E-state index in [-0.39, 0.29) is 11.9 Å². The van der Waals surface area contributed by atoms with Crippen molar-refractivity contribution in [1.29, 1.82) is 0 Å². The van der Waals surface area contributed by atoms with E-state index in [0.29, 0.717) is 18.3 Å². The second-order valence-corrected chi connectivity index (χ2v) is 6.37. The minimum Gasteiger partial charge on any atom is -0.489 e. The number of hydrogen-bond acceptors (Lipinski definition) is 4. The summed E-state index contributed by atoms with van der Waals surface area (Å²) in [5.41, 5.74) is 6.74. The van der Waals surface area contributed by atoms with Gasteiger partial charge in [-0.05, 0) is 43.9 Å². The molecule has 1 saturated heterocycles. The predicted octanol–water partition coefficient (Wildman–Crippen LogP) is 3.06. The van der Waals surface area contributed by atoms with Crippen molar-refractivity contribution in [1.82, 2.24) is 4.90 Å². The number of hydrogen-bond donors (Lipinski definition) is 1. The topological polar surface area (TPSA) is 68.7 Å². The zero-order valence-electron chi connectivity index (χ0n) is 14.0. The minimum atomic E-state index is -0.0604. The van der Waals surface area contributed by atoms with Gasteiger partial charge in [0.1, 0.15) is 12.4 Å². The largest absolute Gasteiger partial charge is 0.489 e. The summed E-state index contributed by atoms with van der Waals surface area (Å²) < 4.78 is 11.2. The Kier molecular flexibility index (Phi) is 5.20. The van der Waals surface area contributed by atoms with Gasteiger partial charge in [-0.25, -0.2) is 0 Å². The predicted molar refractivity (Wildman–Crippen MR) is 91.8 cm³/mol. The maximum Gasteiger partial charge on any atom is 0.289 e. The monoisotopic (exact) mass is 328 g/mol. The normalized spacial score (nSPS) is 16.8. The van der Waals surface area contributed by atoms with Gasteiger partial charge in [0.25, 0.3) is 5.91 Å². The Balaban J connectivity index is 1.61. The number of likely N-dealkylation sites (tertiary alicyclic amines) is 1. The molecule has 5 nitrogen and oxygen atoms in total. The summed E-state index contributed by atoms with van der Waals surface area (Å²) in [5, 5.41) is 0. The molecule has 1 aromatic heterocycles. The van der Waals surface area contributed by atoms with E-state index in [1.807, 2.05) is 42.2 Å². The molecule has 1 aromatic carbocycles. The van der Waals surface area contributed by atoms with Crippen molar-refractivity contribution in [3.63, 3.8) is 0 Å². The van der Waals surface area contributed by atoms with Crippen molar-refractivity contribution in [2.45, 2.75) is 32.4 Å². The van der Waals surface area contributed by atoms with Crippen LogP contribution >= 0.6 is 0 Å². The Labute approximate surface area is 142 Å². The Bertz CT molecular complexity index is 658. The summed E-state index contributed by atoms with van der Waals surface area (Å²) in [4.78, 5) is 14.6. The Morgan fingerprint density at radius 1 is 1.29 bits per heavy atom. The van der Waals surface area contributed by atoms with Crippen LogP contribution in [0.25, 0.3) is 0 Å². The third-order valence-corrected chi connectivity index (χ3v) is 4.65. The van der Waals surface area contributed by atoms with Crippen LogP contribution in [0.3, 0.4) is 0 Å². The number of nitrogens with zero attached hydrogens (tertiary/aromatic N) is 1. The first kappa shape index (κ1) is 16.6. The molecule has 1 aliphatic heterocycles. The molecule has 2 N–H and O–H groups in total. The fourth-order valence-corrected chi connectivity index (χ4v) is 3.09. The summed E-state index contributed by atoms with van der Waals surface area (Å²) >= 11 is 0. The van der Waals surface area contributed by atoms with Crippen molar-refractivity contribution in [3.05, 3.63) is 54.0 Å². The number of ether oxygens (including phenoxy) is 1. The summed E-state index contributed by atoms with van der Waals surface area (Å²) in [5.74, 6) is 1.58. The van der Waals surface area contributed by atoms with Gasteiger partial charge in [-0.15, -0.1) is 0 Å². The van der Waals surface area contributed by atoms with Crippen LogP contribution < -0.4 is 10.5 Å². The molecule has 1 atom stereocenters. The molecular formula is C19H24N2O3. The molecule has 5 heteroatoms. The van der Waals surface area contributed by atoms with E-state index in [0.717, 1.165) is 37.2 Å². The lowest BCUT2D eigenvalue weighted by molar-refractivity contribution is 0.0645. The van der Waals surface area contributed by atoms with E-state index in [2.05, 4.69) is 0 Å². The summed E-state index contributed by atoms with van der Waals surface area (Å²) in [6.45, 7) is 3.81. The number of amides is 1. The van der Waals surface area contributed by atoms with Gasteiger partial charge in [-0.2, -0.15) is 0 Å². The number of rotatable bonds is 5. The lowest BCUT2D eigenvalue weighted by atomic mass is 9.91. The highest BCUT2D eigenvalue weighted by Crippen LogP contribution is 2.23. The molecule has 1 amide bonds. The average Bonchev–Trinajstić information content (AvgIpc) is 3.09. The molecule has 3 rings (SSSR count). The maximum atomic E-state index is 12.7. The Hall–Kier alpha value is -2.27. The number of nitrogens with two attached hydrogens (primary N) is 1. The van der Waals surface area contributed by atoms with E-state index in [9.17, 15) is 4.79 Å². The first-order chi connectivity index (χ1) is 11.6. The first-order valence-electron chi connectivity index (χ1n) is 8.44. The highest BCUT2D eigenvalue weighted by Gasteiger charge is 2.28. The first-order valence-corrected chi connectivity index (χ1v) is 8.44. The van der Waals surface area contributed by atoms with Crippen molar-refractivity contribution in [3.8, 4) is 5.75 Å². The van der Waals surface area contributed by atoms with Crippen molar-refractivity contribution >= 4 is 5.91 Å². The van der Waals surface area contributed by atoms with Crippen LogP contribution in [0.1, 0.15) is 35.9 Å². The SMILES string of the molecule is CC(N)C1CCN(C(=O)c2occc2COc2ccccc2)CC1. The molecule has 128 valence electrons. The molecule has 2 heterocycles. The quantitative estimate of drug-likeness (QED) is 0.916. The van der Waals surface area contributed by atoms with Crippen LogP contribution in [0.5, 0.6) is 5.75 Å². The number of para-hydroxylation sites is 1. The van der Waals surface area contributed by atoms with E-state index in [4.69, 9.17) is 14.9 Å². The smallest absolute Gasteiger partial charge is 0.289 e. The van der Waals surface area contributed by atoms with Crippen LogP contribution in [-0.4, -0.2) is 29.9 Å². The highest BCUT2D eigenvalue weighted by atomic mass is 16.5. The molecule has 0 radical (unpaired) electrons. The van der Waals surface area contributed by atoms with Crippen molar-refractivity contribution in [2.75, 3.05) is 13.1 Å². The van der Waals surface area contributed by atoms with Gasteiger partial charge < -0.3 is 19.8 Å². The summed E-state index contributed by atoms with van der Waals surface area (Å²) in [6.07, 6.45) is 3.44. The number of furan rings is 1. The molecule has 24 heavy (non-hydrogen) atoms. The molecule has 0 saturated carbocycles. The number of carbonyl (C=O) groups excluding carboxylic acids is 1. The van der Waals surface area contributed by atoms with E-state index in [1.165, 1.54) is 0 Å². The third-order valence-electron chi connectivity index (χ3n) is 4.65. The van der Waals surface area contributed by atoms with Gasteiger partial charge >= 0.3 is 0 Å². The van der Waals surface area contributed by atoms with Gasteiger partial charge in [0.05, 0.1) is 6.26 Å². The third kappa shape index (κ3) is 3.79. The fraction of sp³-hybridized carbons (Fsp3) is 0.421. The van der Waals surface area contributed by atoms with Crippen LogP contribution in [0.2, 0.25) is 0 Å². The van der Waals surface area contributed by atoms with Crippen molar-refractivity contribution < 1.29 is 13.9 Å². The molecule has 1 fully saturated rings. The molecule has 0 bridgehead atoms. The lowest BCUT2D eigenvalue weighted by Gasteiger charge is -2.33. The van der Waals surface area contributed by atoms with E-state index >= 15 is 0 Å². The van der Waals surface area contributed by atoms with Gasteiger partial charge in [0.2, 0.25) is 0 Å². The number of carbonyl (C=O) groups is 1. The Morgan fingerprint density at radius 3 is 2.67 bits per heavy atom. The second kappa shape index (κ2) is 7.53. The summed E-state index contributed by atoms with van der Waals surface area (Å²) in [6, 6.07) is 11.5. The molecule has 1 aliphatic rings. The standard InChI is InChI=1S/C19H24N2O3/c1-14(20)15-7-10-21(11-8-15)19(22)18-16(9-12-23-18)13-24-17-5-3-2-4-6-17/h2-6,9,12,14-15H,7-8,10-11,13,20H2,1H3. The zero-order chi connectivity index (χ0) is 16.9. The van der Waals surface area contributed by atoms with Gasteiger partial charge in [-0.1, -0.05) is 18.2 Å². The fourth-order valence-electron chi connectivity index (χ4n) is 3.09. The Morgan fingerprint density at radius 2 is 2.00 bits per heavy atom. The van der Waals surface area contributed by atoms with Gasteiger partial charge in [0, 0.05) is 24.7 Å². The summed E-state index contributed by atoms with van der Waals surface area (Å²) in [7, 11) is 0. The van der Waals surface area contributed by atoms with Crippen LogP contribution in [-0.2, 0) is 6.61 Å². The molecule has 0 aliphatic carbocycles. The molecule has 0 spiro atoms. The number of piperidine rings is 1. The lowest BCUT2D eigenvalue weighted by Crippen LogP contribution is -2.42. The van der Waals surface area contributed by atoms with E-state index in [1.54, 1.807) is 12.3 Å². The number of benzene rings is 1. The zero-order valence-corrected chi connectivity index (χ0v) is 14.0. The van der Waals surface area contributed by atoms with Crippen LogP contribution in [0.4, 0.5) is 0 Å². The van der Waals surface area contributed by atoms with E-state index < -0.39 is 0 Å². The van der Waals surface area contributed by atoms with Crippen molar-refractivity contribution in [2.24, 2.45) is 11.7 Å². The average molecular weight is 328 g/mol. The molecular weight excluding hydrogens is 304 g/mol. The highest BCUT2D eigenvalue weighted by molar-refractivity contribution is 5.93. The second-order valence-electron chi connectivity index (χ2n) is 6.37. The van der Waals surface area contributed by atoms with Crippen LogP contribution in [0.15, 0.2) is 47.1 Å². The minimum absolute atomic E-state index is 0.0604.